The van der Waals surface area contributed by atoms with Crippen molar-refractivity contribution in [3.63, 3.8) is 0 Å². The van der Waals surface area contributed by atoms with Crippen LogP contribution >= 0.6 is 15.9 Å². The van der Waals surface area contributed by atoms with Gasteiger partial charge in [0.05, 0.1) is 0 Å². The normalized spacial score (nSPS) is 29.0. The minimum absolute atomic E-state index is 0.211. The lowest BCUT2D eigenvalue weighted by atomic mass is 9.82. The van der Waals surface area contributed by atoms with Crippen molar-refractivity contribution >= 4 is 15.9 Å². The van der Waals surface area contributed by atoms with Crippen molar-refractivity contribution in [2.24, 2.45) is 17.8 Å². The molecule has 21 heavy (non-hydrogen) atoms. The molecular weight excluding hydrogens is 336 g/mol. The van der Waals surface area contributed by atoms with Gasteiger partial charge in [0.25, 0.3) is 0 Å². The Kier molecular flexibility index (Phi) is 4.65. The molecule has 116 valence electrons. The third-order valence-corrected chi connectivity index (χ3v) is 5.72. The number of rotatable bonds is 5. The van der Waals surface area contributed by atoms with Crippen LogP contribution in [-0.2, 0) is 0 Å². The smallest absolute Gasteiger partial charge is 0.132 e. The third kappa shape index (κ3) is 3.16. The molecule has 0 heterocycles. The summed E-state index contributed by atoms with van der Waals surface area (Å²) in [6.07, 6.45) is 6.08. The molecule has 0 spiro atoms. The Hall–Kier alpha value is -0.480. The van der Waals surface area contributed by atoms with Gasteiger partial charge in [-0.3, -0.25) is 0 Å². The first-order chi connectivity index (χ1) is 10.1. The van der Waals surface area contributed by atoms with Crippen LogP contribution in [0.1, 0.15) is 50.6 Å². The topological polar surface area (TPSA) is 12.0 Å². The standard InChI is InChI=1S/C17H22BrF2N/c1-2-21-16(7-12-6-10-3-4-11(12)5-10)17-14(19)8-13(18)9-15(17)20/h8-12,16,21H,2-7H2,1H3. The molecule has 2 fully saturated rings. The highest BCUT2D eigenvalue weighted by Gasteiger charge is 2.40. The molecule has 4 heteroatoms. The van der Waals surface area contributed by atoms with E-state index < -0.39 is 11.6 Å². The Morgan fingerprint density at radius 3 is 2.48 bits per heavy atom. The first-order valence-electron chi connectivity index (χ1n) is 7.96. The molecule has 1 aromatic rings. The molecule has 2 saturated carbocycles. The van der Waals surface area contributed by atoms with Crippen LogP contribution in [0.5, 0.6) is 0 Å². The van der Waals surface area contributed by atoms with Gasteiger partial charge in [0.1, 0.15) is 11.6 Å². The van der Waals surface area contributed by atoms with Crippen LogP contribution in [0.25, 0.3) is 0 Å². The highest BCUT2D eigenvalue weighted by molar-refractivity contribution is 9.10. The van der Waals surface area contributed by atoms with Gasteiger partial charge in [0.2, 0.25) is 0 Å². The molecule has 4 unspecified atom stereocenters. The zero-order chi connectivity index (χ0) is 15.0. The van der Waals surface area contributed by atoms with E-state index in [1.807, 2.05) is 6.92 Å². The van der Waals surface area contributed by atoms with Crippen LogP contribution in [0, 0.1) is 29.4 Å². The van der Waals surface area contributed by atoms with Gasteiger partial charge in [0, 0.05) is 16.1 Å². The minimum atomic E-state index is -0.448. The maximum atomic E-state index is 14.2. The Labute approximate surface area is 133 Å². The van der Waals surface area contributed by atoms with Crippen LogP contribution < -0.4 is 5.32 Å². The number of hydrogen-bond acceptors (Lipinski definition) is 1. The van der Waals surface area contributed by atoms with E-state index in [0.717, 1.165) is 24.8 Å². The number of fused-ring (bicyclic) bond motifs is 2. The van der Waals surface area contributed by atoms with Crippen LogP contribution in [0.2, 0.25) is 0 Å². The van der Waals surface area contributed by atoms with Gasteiger partial charge in [-0.25, -0.2) is 8.78 Å². The number of nitrogens with one attached hydrogen (secondary N) is 1. The van der Waals surface area contributed by atoms with Gasteiger partial charge in [0.15, 0.2) is 0 Å². The van der Waals surface area contributed by atoms with Crippen LogP contribution in [0.15, 0.2) is 16.6 Å². The van der Waals surface area contributed by atoms with E-state index in [9.17, 15) is 8.78 Å². The lowest BCUT2D eigenvalue weighted by Gasteiger charge is -2.28. The van der Waals surface area contributed by atoms with Gasteiger partial charge in [-0.05, 0) is 62.1 Å². The second-order valence-electron chi connectivity index (χ2n) is 6.56. The maximum absolute atomic E-state index is 14.2. The molecule has 2 aliphatic rings. The second kappa shape index (κ2) is 6.33. The Morgan fingerprint density at radius 1 is 1.24 bits per heavy atom. The van der Waals surface area contributed by atoms with E-state index in [1.54, 1.807) is 0 Å². The van der Waals surface area contributed by atoms with Crippen molar-refractivity contribution < 1.29 is 8.78 Å². The first kappa shape index (κ1) is 15.4. The molecule has 0 radical (unpaired) electrons. The van der Waals surface area contributed by atoms with E-state index in [0.29, 0.717) is 10.4 Å². The molecule has 0 aliphatic heterocycles. The fourth-order valence-electron chi connectivity index (χ4n) is 4.40. The molecule has 1 aromatic carbocycles. The van der Waals surface area contributed by atoms with E-state index in [-0.39, 0.29) is 11.6 Å². The summed E-state index contributed by atoms with van der Waals surface area (Å²) in [5.74, 6) is 1.36. The largest absolute Gasteiger partial charge is 0.310 e. The second-order valence-corrected chi connectivity index (χ2v) is 7.48. The van der Waals surface area contributed by atoms with Crippen molar-refractivity contribution in [3.05, 3.63) is 33.8 Å². The minimum Gasteiger partial charge on any atom is -0.310 e. The molecule has 0 aromatic heterocycles. The van der Waals surface area contributed by atoms with Crippen molar-refractivity contribution in [3.8, 4) is 0 Å². The van der Waals surface area contributed by atoms with Crippen molar-refractivity contribution in [2.45, 2.75) is 45.1 Å². The quantitative estimate of drug-likeness (QED) is 0.763. The molecular formula is C17H22BrF2N. The average molecular weight is 358 g/mol. The summed E-state index contributed by atoms with van der Waals surface area (Å²) in [5.41, 5.74) is 0.211. The third-order valence-electron chi connectivity index (χ3n) is 5.27. The predicted molar refractivity (Wildman–Crippen MR) is 84.0 cm³/mol. The van der Waals surface area contributed by atoms with Crippen molar-refractivity contribution in [1.29, 1.82) is 0 Å². The number of benzene rings is 1. The molecule has 3 rings (SSSR count). The van der Waals surface area contributed by atoms with E-state index in [4.69, 9.17) is 0 Å². The predicted octanol–water partition coefficient (Wildman–Crippen LogP) is 5.20. The highest BCUT2D eigenvalue weighted by atomic mass is 79.9. The van der Waals surface area contributed by atoms with Gasteiger partial charge in [-0.1, -0.05) is 29.3 Å². The summed E-state index contributed by atoms with van der Waals surface area (Å²) in [6.45, 7) is 2.71. The molecule has 1 nitrogen and oxygen atoms in total. The lowest BCUT2D eigenvalue weighted by molar-refractivity contribution is 0.275. The molecule has 2 bridgehead atoms. The Morgan fingerprint density at radius 2 is 1.95 bits per heavy atom. The van der Waals surface area contributed by atoms with E-state index in [2.05, 4.69) is 21.2 Å². The van der Waals surface area contributed by atoms with Crippen molar-refractivity contribution in [1.82, 2.24) is 5.32 Å². The maximum Gasteiger partial charge on any atom is 0.132 e. The summed E-state index contributed by atoms with van der Waals surface area (Å²) in [4.78, 5) is 0. The zero-order valence-electron chi connectivity index (χ0n) is 12.3. The Bertz CT molecular complexity index is 497. The lowest BCUT2D eigenvalue weighted by Crippen LogP contribution is -2.27. The first-order valence-corrected chi connectivity index (χ1v) is 8.75. The highest BCUT2D eigenvalue weighted by Crippen LogP contribution is 2.51. The van der Waals surface area contributed by atoms with Gasteiger partial charge in [-0.2, -0.15) is 0 Å². The summed E-state index contributed by atoms with van der Waals surface area (Å²) >= 11 is 3.15. The molecule has 1 N–H and O–H groups in total. The molecule has 0 saturated heterocycles. The fourth-order valence-corrected chi connectivity index (χ4v) is 4.81. The summed E-state index contributed by atoms with van der Waals surface area (Å²) in [5, 5.41) is 3.29. The van der Waals surface area contributed by atoms with Gasteiger partial charge < -0.3 is 5.32 Å². The van der Waals surface area contributed by atoms with Crippen LogP contribution in [-0.4, -0.2) is 6.54 Å². The monoisotopic (exact) mass is 357 g/mol. The van der Waals surface area contributed by atoms with Gasteiger partial charge >= 0.3 is 0 Å². The number of hydrogen-bond donors (Lipinski definition) is 1. The molecule has 2 aliphatic carbocycles. The number of halogens is 3. The van der Waals surface area contributed by atoms with E-state index in [1.165, 1.54) is 37.8 Å². The molecule has 4 atom stereocenters. The Balaban J connectivity index is 1.81. The van der Waals surface area contributed by atoms with Gasteiger partial charge in [-0.15, -0.1) is 0 Å². The van der Waals surface area contributed by atoms with Crippen molar-refractivity contribution in [2.75, 3.05) is 6.54 Å². The summed E-state index contributed by atoms with van der Waals surface area (Å²) in [7, 11) is 0. The van der Waals surface area contributed by atoms with Crippen LogP contribution in [0.3, 0.4) is 0 Å². The van der Waals surface area contributed by atoms with E-state index >= 15 is 0 Å². The summed E-state index contributed by atoms with van der Waals surface area (Å²) < 4.78 is 28.9. The molecule has 0 amide bonds. The average Bonchev–Trinajstić information content (AvgIpc) is 2.99. The zero-order valence-corrected chi connectivity index (χ0v) is 13.9. The fraction of sp³-hybridized carbons (Fsp3) is 0.647. The SMILES string of the molecule is CCNC(CC1CC2CCC1C2)c1c(F)cc(Br)cc1F. The van der Waals surface area contributed by atoms with Crippen LogP contribution in [0.4, 0.5) is 8.78 Å². The summed E-state index contributed by atoms with van der Waals surface area (Å²) in [6, 6.07) is 2.51.